The average Bonchev–Trinajstić information content (AvgIpc) is 0.759. The molecule has 0 aromatic carbocycles. The van der Waals surface area contributed by atoms with E-state index in [-0.39, 0.29) is 12.3 Å². The normalized spacial score (nSPS) is 37.4. The van der Waals surface area contributed by atoms with Crippen LogP contribution in [-0.4, -0.2) is 340 Å². The number of hydrogen-bond donors (Lipinski definition) is 20. The zero-order chi connectivity index (χ0) is 81.3. The fourth-order valence-electron chi connectivity index (χ4n) is 15.0. The van der Waals surface area contributed by atoms with Gasteiger partial charge in [0.25, 0.3) is 0 Å². The molecule has 0 saturated carbocycles. The van der Waals surface area contributed by atoms with Crippen molar-refractivity contribution in [2.24, 2.45) is 0 Å². The lowest BCUT2D eigenvalue weighted by atomic mass is 9.93. The molecular formula is C76H137N3O32. The van der Waals surface area contributed by atoms with Crippen LogP contribution in [0.2, 0.25) is 0 Å². The van der Waals surface area contributed by atoms with Gasteiger partial charge in [0.15, 0.2) is 37.7 Å². The van der Waals surface area contributed by atoms with Crippen LogP contribution < -0.4 is 16.0 Å². The number of hydrogen-bond acceptors (Lipinski definition) is 32. The van der Waals surface area contributed by atoms with Gasteiger partial charge < -0.3 is 160 Å². The summed E-state index contributed by atoms with van der Waals surface area (Å²) in [6, 6.07) is -4.63. The third-order valence-corrected chi connectivity index (χ3v) is 21.7. The first kappa shape index (κ1) is 96.8. The second kappa shape index (κ2) is 51.4. The average molecular weight is 1600 g/mol. The molecule has 35 heteroatoms. The van der Waals surface area contributed by atoms with Crippen LogP contribution in [0.4, 0.5) is 0 Å². The molecule has 3 amide bonds. The highest BCUT2D eigenvalue weighted by atomic mass is 16.8. The Hall–Kier alpha value is -3.01. The molecule has 0 spiro atoms. The minimum Gasteiger partial charge on any atom is -0.394 e. The fraction of sp³-hybridized carbons (Fsp3) is 0.934. The Morgan fingerprint density at radius 3 is 1.25 bits per heavy atom. The highest BCUT2D eigenvalue weighted by Crippen LogP contribution is 2.39. The summed E-state index contributed by atoms with van der Waals surface area (Å²) in [5.41, 5.74) is 0. The smallest absolute Gasteiger partial charge is 0.220 e. The van der Waals surface area contributed by atoms with Crippen molar-refractivity contribution in [1.29, 1.82) is 0 Å². The van der Waals surface area contributed by atoms with Gasteiger partial charge in [0.1, 0.15) is 140 Å². The summed E-state index contributed by atoms with van der Waals surface area (Å²) in [4.78, 5) is 39.1. The first-order valence-electron chi connectivity index (χ1n) is 40.8. The summed E-state index contributed by atoms with van der Waals surface area (Å²) in [7, 11) is 0. The van der Waals surface area contributed by atoms with Gasteiger partial charge in [0.05, 0.1) is 57.9 Å². The topological polar surface area (TPSA) is 542 Å². The van der Waals surface area contributed by atoms with Gasteiger partial charge in [-0.25, -0.2) is 0 Å². The van der Waals surface area contributed by atoms with E-state index < -0.39 is 248 Å². The molecular weight excluding hydrogens is 1470 g/mol. The Kier molecular flexibility index (Phi) is 44.8. The number of aliphatic hydroxyl groups excluding tert-OH is 17. The van der Waals surface area contributed by atoms with Crippen LogP contribution in [0.3, 0.4) is 0 Å². The quantitative estimate of drug-likeness (QED) is 0.0246. The molecule has 6 aliphatic rings. The van der Waals surface area contributed by atoms with Gasteiger partial charge in [-0.3, -0.25) is 14.4 Å². The summed E-state index contributed by atoms with van der Waals surface area (Å²) in [5, 5.41) is 199. The zero-order valence-electron chi connectivity index (χ0n) is 65.4. The van der Waals surface area contributed by atoms with Crippen LogP contribution >= 0.6 is 0 Å². The van der Waals surface area contributed by atoms with Gasteiger partial charge in [-0.15, -0.1) is 0 Å². The lowest BCUT2D eigenvalue weighted by molar-refractivity contribution is -0.402. The summed E-state index contributed by atoms with van der Waals surface area (Å²) in [6.45, 7) is 2.28. The molecule has 20 N–H and O–H groups in total. The van der Waals surface area contributed by atoms with Gasteiger partial charge in [0.2, 0.25) is 17.7 Å². The minimum atomic E-state index is -2.22. The molecule has 6 heterocycles. The van der Waals surface area contributed by atoms with Crippen LogP contribution in [0.25, 0.3) is 0 Å². The molecule has 6 fully saturated rings. The van der Waals surface area contributed by atoms with E-state index in [9.17, 15) is 101 Å². The van der Waals surface area contributed by atoms with Gasteiger partial charge in [0, 0.05) is 20.3 Å². The zero-order valence-corrected chi connectivity index (χ0v) is 65.4. The number of rotatable bonds is 51. The SMILES string of the molecule is CCCCCCCCCCCCC/C=C/[C@@H](O)[C@H](CO[C@@H]1OC(CO)[C@@H](O[C@@H]2OC(CO)[C@H](O)[C@H](O[C@@H]3OC(CO)[C@@H](O[C@@H]4OC(CO)[C@H](O)[C@H](O[C@H]5OC(CO)[C@H](O)[C@H](O)C5NC(C)=O)C4O[C@H]4OC(C)[C@@H](O)C(O)[C@@H]4O)[C@H](O)C3NC(C)=O)C2O)[C@H](O)C1O)NC(=O)CCCCCCCCCCCCCCCCC. The Bertz CT molecular complexity index is 2580. The number of allylic oxidation sites excluding steroid dienone is 1. The number of nitrogens with one attached hydrogen (secondary N) is 3. The second-order valence-corrected chi connectivity index (χ2v) is 30.6. The Labute approximate surface area is 651 Å². The monoisotopic (exact) mass is 1600 g/mol. The molecule has 648 valence electrons. The van der Waals surface area contributed by atoms with Crippen molar-refractivity contribution < 1.29 is 158 Å². The van der Waals surface area contributed by atoms with Crippen molar-refractivity contribution in [3.05, 3.63) is 12.2 Å². The molecule has 111 heavy (non-hydrogen) atoms. The third kappa shape index (κ3) is 29.5. The standard InChI is InChI=1S/C76H137N3O32/c1-6-8-10-12-14-16-18-20-21-23-25-27-29-31-33-35-52(88)79-45(46(87)34-32-30-28-26-24-22-19-17-15-13-11-9-7-2)41-100-73-64(98)62(96)67(51(40-84)106-73)107-75-65(99)68(57(91)48(37-81)103-75)109-72-54(78-44(5)86)60(94)66(50(39-83)105-72)108-76-70(111-74-63(97)61(95)55(89)42(3)101-74)69(58(92)49(38-82)104-76)110-71-53(77-43(4)85)59(93)56(90)47(36-80)102-71/h32,34,42,45-51,53-76,80-84,87,89-99H,6-31,33,35-41H2,1-5H3,(H,77,85)(H,78,86)(H,79,88)/b34-32+/t42?,45-,46+,47?,48?,49?,50?,51?,53?,54?,55+,56-,57-,58-,59+,60+,61?,62+,63-,64?,65?,66+,67+,68-,69-,70?,71+,72-,73+,74+,75-,76-/m0/s1. The van der Waals surface area contributed by atoms with Gasteiger partial charge in [-0.1, -0.05) is 180 Å². The van der Waals surface area contributed by atoms with Crippen LogP contribution in [0.5, 0.6) is 0 Å². The van der Waals surface area contributed by atoms with E-state index in [0.29, 0.717) is 12.8 Å². The lowest BCUT2D eigenvalue weighted by Crippen LogP contribution is -2.71. The highest BCUT2D eigenvalue weighted by Gasteiger charge is 2.59. The molecule has 6 rings (SSSR count). The number of carbonyl (C=O) groups excluding carboxylic acids is 3. The maximum Gasteiger partial charge on any atom is 0.220 e. The number of carbonyl (C=O) groups is 3. The first-order chi connectivity index (χ1) is 53.3. The van der Waals surface area contributed by atoms with Crippen LogP contribution in [0, 0.1) is 0 Å². The second-order valence-electron chi connectivity index (χ2n) is 30.6. The number of aliphatic hydroxyl groups is 17. The Morgan fingerprint density at radius 1 is 0.369 bits per heavy atom. The van der Waals surface area contributed by atoms with Gasteiger partial charge >= 0.3 is 0 Å². The molecule has 0 radical (unpaired) electrons. The summed E-state index contributed by atoms with van der Waals surface area (Å²) in [5.74, 6) is -2.02. The van der Waals surface area contributed by atoms with Crippen LogP contribution in [0.1, 0.15) is 214 Å². The number of amides is 3. The van der Waals surface area contributed by atoms with E-state index in [4.69, 9.17) is 56.8 Å². The molecule has 0 bridgehead atoms. The van der Waals surface area contributed by atoms with Crippen molar-refractivity contribution in [2.75, 3.05) is 39.6 Å². The van der Waals surface area contributed by atoms with Crippen LogP contribution in [-0.2, 0) is 71.2 Å². The van der Waals surface area contributed by atoms with Crippen molar-refractivity contribution in [3.63, 3.8) is 0 Å². The van der Waals surface area contributed by atoms with E-state index in [2.05, 4.69) is 29.8 Å². The largest absolute Gasteiger partial charge is 0.394 e. The number of unbranched alkanes of at least 4 members (excludes halogenated alkanes) is 25. The number of ether oxygens (including phenoxy) is 12. The molecule has 32 atom stereocenters. The van der Waals surface area contributed by atoms with Crippen molar-refractivity contribution >= 4 is 17.7 Å². The molecule has 6 aliphatic heterocycles. The van der Waals surface area contributed by atoms with E-state index in [1.54, 1.807) is 6.08 Å². The summed E-state index contributed by atoms with van der Waals surface area (Å²) >= 11 is 0. The molecule has 0 aromatic heterocycles. The fourth-order valence-corrected chi connectivity index (χ4v) is 15.0. The Balaban J connectivity index is 1.14. The van der Waals surface area contributed by atoms with Gasteiger partial charge in [-0.05, 0) is 26.2 Å². The third-order valence-electron chi connectivity index (χ3n) is 21.7. The Morgan fingerprint density at radius 2 is 0.748 bits per heavy atom. The summed E-state index contributed by atoms with van der Waals surface area (Å²) in [6.07, 6.45) is -20.4. The molecule has 0 aromatic rings. The first-order valence-corrected chi connectivity index (χ1v) is 40.8. The molecule has 0 aliphatic carbocycles. The molecule has 35 nitrogen and oxygen atoms in total. The van der Waals surface area contributed by atoms with Gasteiger partial charge in [-0.2, -0.15) is 0 Å². The van der Waals surface area contributed by atoms with E-state index in [1.807, 2.05) is 6.08 Å². The molecule has 6 saturated heterocycles. The predicted octanol–water partition coefficient (Wildman–Crippen LogP) is -1.40. The maximum absolute atomic E-state index is 13.5. The van der Waals surface area contributed by atoms with Crippen molar-refractivity contribution in [2.45, 2.75) is 411 Å². The van der Waals surface area contributed by atoms with E-state index in [0.717, 1.165) is 65.2 Å². The lowest BCUT2D eigenvalue weighted by Gasteiger charge is -2.51. The van der Waals surface area contributed by atoms with E-state index in [1.165, 1.54) is 116 Å². The molecule has 12 unspecified atom stereocenters. The van der Waals surface area contributed by atoms with Crippen LogP contribution in [0.15, 0.2) is 12.2 Å². The highest BCUT2D eigenvalue weighted by molar-refractivity contribution is 5.76. The minimum absolute atomic E-state index is 0.174. The maximum atomic E-state index is 13.5. The summed E-state index contributed by atoms with van der Waals surface area (Å²) < 4.78 is 72.3. The predicted molar refractivity (Wildman–Crippen MR) is 392 cm³/mol. The van der Waals surface area contributed by atoms with E-state index >= 15 is 0 Å². The van der Waals surface area contributed by atoms with Crippen molar-refractivity contribution in [3.8, 4) is 0 Å². The van der Waals surface area contributed by atoms with Crippen molar-refractivity contribution in [1.82, 2.24) is 16.0 Å².